The van der Waals surface area contributed by atoms with Gasteiger partial charge in [-0.15, -0.1) is 0 Å². The van der Waals surface area contributed by atoms with Gasteiger partial charge in [-0.25, -0.2) is 8.42 Å². The fourth-order valence-electron chi connectivity index (χ4n) is 2.48. The van der Waals surface area contributed by atoms with Gasteiger partial charge in [0.25, 0.3) is 0 Å². The smallest absolute Gasteiger partial charge is 0.173 e. The van der Waals surface area contributed by atoms with Crippen LogP contribution in [-0.4, -0.2) is 83.6 Å². The predicted octanol–water partition coefficient (Wildman–Crippen LogP) is -3.44. The van der Waals surface area contributed by atoms with Crippen LogP contribution in [0.25, 0.3) is 0 Å². The quantitative estimate of drug-likeness (QED) is 0.363. The Labute approximate surface area is 110 Å². The van der Waals surface area contributed by atoms with Crippen LogP contribution in [0.2, 0.25) is 0 Å². The van der Waals surface area contributed by atoms with Gasteiger partial charge in [0.15, 0.2) is 16.1 Å². The summed E-state index contributed by atoms with van der Waals surface area (Å²) in [4.78, 5) is 0. The van der Waals surface area contributed by atoms with Crippen LogP contribution in [-0.2, 0) is 14.6 Å². The van der Waals surface area contributed by atoms with Crippen LogP contribution in [0.15, 0.2) is 0 Å². The molecule has 6 atom stereocenters. The van der Waals surface area contributed by atoms with E-state index in [2.05, 4.69) is 5.32 Å². The maximum absolute atomic E-state index is 11.3. The van der Waals surface area contributed by atoms with Crippen molar-refractivity contribution in [1.29, 1.82) is 0 Å². The molecule has 2 saturated heterocycles. The molecule has 0 aromatic carbocycles. The molecule has 2 fully saturated rings. The summed E-state index contributed by atoms with van der Waals surface area (Å²) in [5.41, 5.74) is 0. The molecule has 19 heavy (non-hydrogen) atoms. The van der Waals surface area contributed by atoms with Crippen LogP contribution in [0.4, 0.5) is 0 Å². The first-order valence-electron chi connectivity index (χ1n) is 6.11. The third kappa shape index (κ3) is 3.24. The summed E-state index contributed by atoms with van der Waals surface area (Å²) in [5.74, 6) is -0.00524. The molecule has 4 unspecified atom stereocenters. The van der Waals surface area contributed by atoms with Crippen LogP contribution in [0.5, 0.6) is 0 Å². The van der Waals surface area contributed by atoms with E-state index in [1.54, 1.807) is 0 Å². The second-order valence-corrected chi connectivity index (χ2v) is 7.25. The zero-order valence-electron chi connectivity index (χ0n) is 10.2. The Bertz CT molecular complexity index is 414. The van der Waals surface area contributed by atoms with E-state index in [9.17, 15) is 23.7 Å². The molecule has 0 spiro atoms. The predicted molar refractivity (Wildman–Crippen MR) is 64.0 cm³/mol. The number of aliphatic hydroxyl groups excluding tert-OH is 4. The Morgan fingerprint density at radius 1 is 1.21 bits per heavy atom. The molecule has 8 nitrogen and oxygen atoms in total. The zero-order chi connectivity index (χ0) is 14.2. The van der Waals surface area contributed by atoms with E-state index in [1.165, 1.54) is 0 Å². The molecule has 0 aromatic heterocycles. The molecule has 0 aliphatic carbocycles. The average molecular weight is 297 g/mol. The molecule has 2 heterocycles. The zero-order valence-corrected chi connectivity index (χ0v) is 11.0. The van der Waals surface area contributed by atoms with Gasteiger partial charge in [-0.2, -0.15) is 0 Å². The van der Waals surface area contributed by atoms with Gasteiger partial charge in [0.1, 0.15) is 18.3 Å². The standard InChI is InChI=1S/C10H19NO7S/c12-3-6-8(13)9(14)7(10(15)18-6)11-5-1-2-19(16,17)4-5/h5-15H,1-4H2/t5?,6-,7?,8?,9-,10?/m0/s1. The summed E-state index contributed by atoms with van der Waals surface area (Å²) in [5, 5.41) is 41.0. The maximum Gasteiger partial charge on any atom is 0.173 e. The van der Waals surface area contributed by atoms with Gasteiger partial charge in [-0.05, 0) is 6.42 Å². The second-order valence-electron chi connectivity index (χ2n) is 5.02. The minimum atomic E-state index is -3.08. The summed E-state index contributed by atoms with van der Waals surface area (Å²) < 4.78 is 27.6. The number of hydrogen-bond donors (Lipinski definition) is 5. The fraction of sp³-hybridized carbons (Fsp3) is 1.00. The van der Waals surface area contributed by atoms with Crippen molar-refractivity contribution in [2.75, 3.05) is 18.1 Å². The number of ether oxygens (including phenoxy) is 1. The van der Waals surface area contributed by atoms with E-state index < -0.39 is 47.1 Å². The summed E-state index contributed by atoms with van der Waals surface area (Å²) in [7, 11) is -3.08. The second kappa shape index (κ2) is 5.60. The van der Waals surface area contributed by atoms with Crippen molar-refractivity contribution in [3.8, 4) is 0 Å². The lowest BCUT2D eigenvalue weighted by molar-refractivity contribution is -0.255. The first kappa shape index (κ1) is 15.1. The molecule has 0 saturated carbocycles. The van der Waals surface area contributed by atoms with Gasteiger partial charge in [0.2, 0.25) is 0 Å². The SMILES string of the molecule is O=S1(=O)CCC(NC2C(O)O[C@@H](CO)C(O)[C@H]2O)C1. The molecule has 2 rings (SSSR count). The van der Waals surface area contributed by atoms with Gasteiger partial charge in [-0.1, -0.05) is 0 Å². The van der Waals surface area contributed by atoms with Gasteiger partial charge in [0, 0.05) is 6.04 Å². The number of nitrogens with one attached hydrogen (secondary N) is 1. The lowest BCUT2D eigenvalue weighted by Crippen LogP contribution is -2.64. The summed E-state index contributed by atoms with van der Waals surface area (Å²) in [6.07, 6.45) is -4.78. The Hall–Kier alpha value is -0.290. The number of rotatable bonds is 3. The number of sulfone groups is 1. The van der Waals surface area contributed by atoms with Crippen molar-refractivity contribution in [2.45, 2.75) is 43.1 Å². The van der Waals surface area contributed by atoms with E-state index in [1.807, 2.05) is 0 Å². The molecule has 0 aromatic rings. The molecule has 0 radical (unpaired) electrons. The van der Waals surface area contributed by atoms with Crippen LogP contribution < -0.4 is 5.32 Å². The molecule has 112 valence electrons. The highest BCUT2D eigenvalue weighted by atomic mass is 32.2. The van der Waals surface area contributed by atoms with Crippen molar-refractivity contribution in [1.82, 2.24) is 5.32 Å². The molecule has 9 heteroatoms. The van der Waals surface area contributed by atoms with Crippen molar-refractivity contribution < 1.29 is 33.6 Å². The first-order chi connectivity index (χ1) is 8.84. The lowest BCUT2D eigenvalue weighted by Gasteiger charge is -2.41. The molecule has 2 aliphatic heterocycles. The monoisotopic (exact) mass is 297 g/mol. The van der Waals surface area contributed by atoms with Gasteiger partial charge >= 0.3 is 0 Å². The number of hydrogen-bond acceptors (Lipinski definition) is 8. The highest BCUT2D eigenvalue weighted by molar-refractivity contribution is 7.91. The average Bonchev–Trinajstić information content (AvgIpc) is 2.69. The first-order valence-corrected chi connectivity index (χ1v) is 7.93. The largest absolute Gasteiger partial charge is 0.394 e. The lowest BCUT2D eigenvalue weighted by atomic mass is 9.96. The molecular formula is C10H19NO7S. The van der Waals surface area contributed by atoms with Crippen molar-refractivity contribution in [2.24, 2.45) is 0 Å². The van der Waals surface area contributed by atoms with E-state index in [-0.39, 0.29) is 17.5 Å². The van der Waals surface area contributed by atoms with Gasteiger partial charge < -0.3 is 30.5 Å². The normalized spacial score (nSPS) is 46.3. The van der Waals surface area contributed by atoms with Crippen LogP contribution in [0, 0.1) is 0 Å². The summed E-state index contributed by atoms with van der Waals surface area (Å²) in [6.45, 7) is -0.528. The van der Waals surface area contributed by atoms with Crippen LogP contribution in [0.3, 0.4) is 0 Å². The van der Waals surface area contributed by atoms with Crippen LogP contribution >= 0.6 is 0 Å². The fourth-order valence-corrected chi connectivity index (χ4v) is 4.16. The molecule has 2 aliphatic rings. The highest BCUT2D eigenvalue weighted by Crippen LogP contribution is 2.22. The highest BCUT2D eigenvalue weighted by Gasteiger charge is 2.45. The van der Waals surface area contributed by atoms with Crippen molar-refractivity contribution in [3.63, 3.8) is 0 Å². The molecule has 5 N–H and O–H groups in total. The van der Waals surface area contributed by atoms with E-state index in [0.717, 1.165) is 0 Å². The summed E-state index contributed by atoms with van der Waals surface area (Å²) >= 11 is 0. The third-order valence-corrected chi connectivity index (χ3v) is 5.33. The minimum absolute atomic E-state index is 0.0618. The maximum atomic E-state index is 11.3. The van der Waals surface area contributed by atoms with E-state index in [4.69, 9.17) is 9.84 Å². The minimum Gasteiger partial charge on any atom is -0.394 e. The molecule has 0 amide bonds. The molecular weight excluding hydrogens is 278 g/mol. The molecule has 0 bridgehead atoms. The topological polar surface area (TPSA) is 136 Å². The van der Waals surface area contributed by atoms with Gasteiger partial charge in [-0.3, -0.25) is 0 Å². The van der Waals surface area contributed by atoms with Crippen molar-refractivity contribution in [3.05, 3.63) is 0 Å². The van der Waals surface area contributed by atoms with Crippen LogP contribution in [0.1, 0.15) is 6.42 Å². The van der Waals surface area contributed by atoms with E-state index >= 15 is 0 Å². The van der Waals surface area contributed by atoms with Crippen molar-refractivity contribution >= 4 is 9.84 Å². The third-order valence-electron chi connectivity index (χ3n) is 3.56. The Balaban J connectivity index is 2.00. The Kier molecular flexibility index (Phi) is 4.45. The summed E-state index contributed by atoms with van der Waals surface area (Å²) in [6, 6.07) is -1.38. The Morgan fingerprint density at radius 3 is 2.42 bits per heavy atom. The van der Waals surface area contributed by atoms with E-state index in [0.29, 0.717) is 6.42 Å². The number of aliphatic hydroxyl groups is 4. The Morgan fingerprint density at radius 2 is 1.89 bits per heavy atom. The van der Waals surface area contributed by atoms with Gasteiger partial charge in [0.05, 0.1) is 24.2 Å².